The van der Waals surface area contributed by atoms with E-state index < -0.39 is 0 Å². The van der Waals surface area contributed by atoms with Gasteiger partial charge in [-0.1, -0.05) is 0 Å². The molecule has 8 heteroatoms. The molecule has 7 nitrogen and oxygen atoms in total. The molecule has 29 heavy (non-hydrogen) atoms. The second-order valence-electron chi connectivity index (χ2n) is 7.06. The summed E-state index contributed by atoms with van der Waals surface area (Å²) in [6.07, 6.45) is 3.43. The molecule has 4 heterocycles. The van der Waals surface area contributed by atoms with Crippen LogP contribution in [0.2, 0.25) is 0 Å². The van der Waals surface area contributed by atoms with Crippen LogP contribution in [0, 0.1) is 6.92 Å². The maximum Gasteiger partial charge on any atom is 0.266 e. The number of carbonyl (C=O) groups excluding carboxylic acids is 1. The lowest BCUT2D eigenvalue weighted by atomic mass is 10.2. The van der Waals surface area contributed by atoms with E-state index in [9.17, 15) is 9.59 Å². The first kappa shape index (κ1) is 19.5. The van der Waals surface area contributed by atoms with Crippen LogP contribution in [0.15, 0.2) is 53.6 Å². The summed E-state index contributed by atoms with van der Waals surface area (Å²) >= 11 is 1.54. The minimum absolute atomic E-state index is 0.107. The Morgan fingerprint density at radius 2 is 1.76 bits per heavy atom. The predicted octanol–water partition coefficient (Wildman–Crippen LogP) is 2.13. The number of nitrogens with zero attached hydrogens (tertiary/aromatic N) is 5. The number of carbonyl (C=O) groups is 1. The molecule has 1 saturated heterocycles. The summed E-state index contributed by atoms with van der Waals surface area (Å²) in [5, 5.41) is 4.50. The Labute approximate surface area is 173 Å². The zero-order valence-corrected chi connectivity index (χ0v) is 17.1. The van der Waals surface area contributed by atoms with Gasteiger partial charge in [0, 0.05) is 61.6 Å². The lowest BCUT2D eigenvalue weighted by Crippen LogP contribution is -2.49. The number of rotatable bonds is 5. The summed E-state index contributed by atoms with van der Waals surface area (Å²) in [6, 6.07) is 10.9. The summed E-state index contributed by atoms with van der Waals surface area (Å²) in [5.74, 6) is 0.116. The molecule has 0 spiro atoms. The van der Waals surface area contributed by atoms with Crippen molar-refractivity contribution in [1.29, 1.82) is 0 Å². The summed E-state index contributed by atoms with van der Waals surface area (Å²) < 4.78 is 1.52. The van der Waals surface area contributed by atoms with E-state index in [-0.39, 0.29) is 11.5 Å². The van der Waals surface area contributed by atoms with Crippen LogP contribution in [0.3, 0.4) is 0 Å². The van der Waals surface area contributed by atoms with Gasteiger partial charge in [0.15, 0.2) is 0 Å². The molecule has 150 valence electrons. The summed E-state index contributed by atoms with van der Waals surface area (Å²) in [7, 11) is 0. The maximum atomic E-state index is 12.6. The first-order valence-electron chi connectivity index (χ1n) is 9.67. The van der Waals surface area contributed by atoms with Crippen molar-refractivity contribution in [1.82, 2.24) is 24.6 Å². The quantitative estimate of drug-likeness (QED) is 0.646. The average molecular weight is 410 g/mol. The fourth-order valence-electron chi connectivity index (χ4n) is 3.40. The van der Waals surface area contributed by atoms with Crippen molar-refractivity contribution in [3.63, 3.8) is 0 Å². The molecule has 1 amide bonds. The van der Waals surface area contributed by atoms with Gasteiger partial charge in [0.2, 0.25) is 0 Å². The van der Waals surface area contributed by atoms with Crippen molar-refractivity contribution in [2.45, 2.75) is 13.5 Å². The van der Waals surface area contributed by atoms with E-state index in [2.05, 4.69) is 15.0 Å². The van der Waals surface area contributed by atoms with Crippen molar-refractivity contribution in [2.75, 3.05) is 32.7 Å². The van der Waals surface area contributed by atoms with E-state index in [0.717, 1.165) is 40.6 Å². The van der Waals surface area contributed by atoms with Gasteiger partial charge < -0.3 is 4.90 Å². The van der Waals surface area contributed by atoms with Crippen molar-refractivity contribution in [3.05, 3.63) is 68.9 Å². The molecule has 3 aromatic rings. The van der Waals surface area contributed by atoms with Crippen LogP contribution in [0.1, 0.15) is 14.5 Å². The van der Waals surface area contributed by atoms with Crippen molar-refractivity contribution in [2.24, 2.45) is 0 Å². The van der Waals surface area contributed by atoms with Crippen LogP contribution in [0.4, 0.5) is 0 Å². The van der Waals surface area contributed by atoms with Gasteiger partial charge in [-0.05, 0) is 37.3 Å². The SMILES string of the molecule is Cc1ccc(C(=O)N2CCN(CCn3nc(-c4ccncc4)ccc3=O)CC2)s1. The lowest BCUT2D eigenvalue weighted by molar-refractivity contribution is 0.0636. The second kappa shape index (κ2) is 8.67. The molecule has 1 fully saturated rings. The third kappa shape index (κ3) is 4.60. The highest BCUT2D eigenvalue weighted by Crippen LogP contribution is 2.18. The number of aromatic nitrogens is 3. The Kier molecular flexibility index (Phi) is 5.82. The molecule has 0 aliphatic carbocycles. The van der Waals surface area contributed by atoms with Gasteiger partial charge in [-0.25, -0.2) is 4.68 Å². The zero-order chi connectivity index (χ0) is 20.2. The van der Waals surface area contributed by atoms with E-state index in [4.69, 9.17) is 0 Å². The normalized spacial score (nSPS) is 14.9. The lowest BCUT2D eigenvalue weighted by Gasteiger charge is -2.34. The molecule has 3 aromatic heterocycles. The standard InChI is InChI=1S/C21H23N5O2S/c1-16-2-4-19(29-16)21(28)25-13-10-24(11-14-25)12-15-26-20(27)5-3-18(23-26)17-6-8-22-9-7-17/h2-9H,10-15H2,1H3. The van der Waals surface area contributed by atoms with E-state index in [1.54, 1.807) is 35.9 Å². The molecule has 0 bridgehead atoms. The fraction of sp³-hybridized carbons (Fsp3) is 0.333. The minimum atomic E-state index is -0.107. The Balaban J connectivity index is 1.34. The summed E-state index contributed by atoms with van der Waals surface area (Å²) in [5.41, 5.74) is 1.59. The first-order valence-corrected chi connectivity index (χ1v) is 10.5. The highest BCUT2D eigenvalue weighted by atomic mass is 32.1. The Hall–Kier alpha value is -2.84. The Morgan fingerprint density at radius 1 is 1.00 bits per heavy atom. The van der Waals surface area contributed by atoms with E-state index in [1.807, 2.05) is 36.1 Å². The second-order valence-corrected chi connectivity index (χ2v) is 8.35. The summed E-state index contributed by atoms with van der Waals surface area (Å²) in [6.45, 7) is 6.27. The van der Waals surface area contributed by atoms with Crippen molar-refractivity contribution >= 4 is 17.2 Å². The molecule has 4 rings (SSSR count). The minimum Gasteiger partial charge on any atom is -0.335 e. The van der Waals surface area contributed by atoms with Crippen molar-refractivity contribution in [3.8, 4) is 11.3 Å². The molecule has 1 aliphatic heterocycles. The first-order chi connectivity index (χ1) is 14.1. The van der Waals surface area contributed by atoms with Crippen LogP contribution < -0.4 is 5.56 Å². The summed E-state index contributed by atoms with van der Waals surface area (Å²) in [4.78, 5) is 34.9. The van der Waals surface area contributed by atoms with E-state index in [1.165, 1.54) is 4.68 Å². The molecule has 0 saturated carbocycles. The number of hydrogen-bond donors (Lipinski definition) is 0. The largest absolute Gasteiger partial charge is 0.335 e. The molecular formula is C21H23N5O2S. The topological polar surface area (TPSA) is 71.3 Å². The van der Waals surface area contributed by atoms with Gasteiger partial charge in [-0.15, -0.1) is 11.3 Å². The number of amides is 1. The third-order valence-electron chi connectivity index (χ3n) is 5.08. The number of hydrogen-bond acceptors (Lipinski definition) is 6. The van der Waals surface area contributed by atoms with Gasteiger partial charge in [0.05, 0.1) is 17.1 Å². The van der Waals surface area contributed by atoms with Gasteiger partial charge in [-0.3, -0.25) is 19.5 Å². The molecular weight excluding hydrogens is 386 g/mol. The maximum absolute atomic E-state index is 12.6. The van der Waals surface area contributed by atoms with Crippen LogP contribution in [-0.4, -0.2) is 63.2 Å². The highest BCUT2D eigenvalue weighted by molar-refractivity contribution is 7.13. The van der Waals surface area contributed by atoms with Crippen LogP contribution in [0.5, 0.6) is 0 Å². The predicted molar refractivity (Wildman–Crippen MR) is 113 cm³/mol. The van der Waals surface area contributed by atoms with Gasteiger partial charge >= 0.3 is 0 Å². The average Bonchev–Trinajstić information content (AvgIpc) is 3.20. The van der Waals surface area contributed by atoms with E-state index >= 15 is 0 Å². The smallest absolute Gasteiger partial charge is 0.266 e. The number of pyridine rings is 1. The van der Waals surface area contributed by atoms with Gasteiger partial charge in [-0.2, -0.15) is 5.10 Å². The molecule has 0 atom stereocenters. The molecule has 0 unspecified atom stereocenters. The number of aryl methyl sites for hydroxylation is 1. The van der Waals surface area contributed by atoms with Gasteiger partial charge in [0.1, 0.15) is 0 Å². The number of thiophene rings is 1. The Bertz CT molecular complexity index is 1040. The molecule has 0 N–H and O–H groups in total. The van der Waals surface area contributed by atoms with Crippen LogP contribution >= 0.6 is 11.3 Å². The molecule has 0 aromatic carbocycles. The number of piperazine rings is 1. The van der Waals surface area contributed by atoms with Crippen LogP contribution in [-0.2, 0) is 6.54 Å². The monoisotopic (exact) mass is 409 g/mol. The molecule has 0 radical (unpaired) electrons. The molecule has 1 aliphatic rings. The Morgan fingerprint density at radius 3 is 2.45 bits per heavy atom. The highest BCUT2D eigenvalue weighted by Gasteiger charge is 2.23. The van der Waals surface area contributed by atoms with Crippen molar-refractivity contribution < 1.29 is 4.79 Å². The van der Waals surface area contributed by atoms with E-state index in [0.29, 0.717) is 19.6 Å². The van der Waals surface area contributed by atoms with Crippen LogP contribution in [0.25, 0.3) is 11.3 Å². The third-order valence-corrected chi connectivity index (χ3v) is 6.07. The fourth-order valence-corrected chi connectivity index (χ4v) is 4.24. The van der Waals surface area contributed by atoms with Gasteiger partial charge in [0.25, 0.3) is 11.5 Å². The zero-order valence-electron chi connectivity index (χ0n) is 16.3.